The topological polar surface area (TPSA) is 25.8 Å². The van der Waals surface area contributed by atoms with Crippen molar-refractivity contribution in [3.63, 3.8) is 0 Å². The molecule has 0 atom stereocenters. The van der Waals surface area contributed by atoms with Crippen LogP contribution in [0.25, 0.3) is 0 Å². The minimum Gasteiger partial charge on any atom is -0.143 e. The molecule has 0 bridgehead atoms. The average Bonchev–Trinajstić information content (AvgIpc) is 2.31. The molecule has 0 radical (unpaired) electrons. The normalized spacial score (nSPS) is 10.0. The zero-order valence-electron chi connectivity index (χ0n) is 6.00. The van der Waals surface area contributed by atoms with E-state index >= 15 is 0 Å². The van der Waals surface area contributed by atoms with Crippen molar-refractivity contribution in [3.05, 3.63) is 16.1 Å². The summed E-state index contributed by atoms with van der Waals surface area (Å²) < 4.78 is 1.98. The molecular weight excluding hydrogens is 244 g/mol. The minimum absolute atomic E-state index is 0.856. The van der Waals surface area contributed by atoms with Gasteiger partial charge in [0.1, 0.15) is 5.01 Å². The predicted octanol–water partition coefficient (Wildman–Crippen LogP) is 2.85. The van der Waals surface area contributed by atoms with Crippen molar-refractivity contribution in [1.82, 2.24) is 10.2 Å². The second-order valence-corrected chi connectivity index (χ2v) is 5.42. The maximum atomic E-state index is 3.96. The summed E-state index contributed by atoms with van der Waals surface area (Å²) in [7, 11) is 0. The van der Waals surface area contributed by atoms with Gasteiger partial charge in [-0.3, -0.25) is 0 Å². The van der Waals surface area contributed by atoms with E-state index in [9.17, 15) is 0 Å². The van der Waals surface area contributed by atoms with Gasteiger partial charge < -0.3 is 0 Å². The summed E-state index contributed by atoms with van der Waals surface area (Å²) in [6.07, 6.45) is 0. The van der Waals surface area contributed by atoms with Crippen molar-refractivity contribution < 1.29 is 0 Å². The SMILES string of the molecule is C=C(Br)CSc1nnc(C)s1. The quantitative estimate of drug-likeness (QED) is 0.772. The molecule has 2 nitrogen and oxygen atoms in total. The van der Waals surface area contributed by atoms with E-state index in [0.717, 1.165) is 19.6 Å². The van der Waals surface area contributed by atoms with Gasteiger partial charge in [0, 0.05) is 5.75 Å². The van der Waals surface area contributed by atoms with Crippen LogP contribution in [-0.4, -0.2) is 16.0 Å². The lowest BCUT2D eigenvalue weighted by Crippen LogP contribution is -1.75. The van der Waals surface area contributed by atoms with Crippen LogP contribution in [0.2, 0.25) is 0 Å². The Morgan fingerprint density at radius 1 is 1.73 bits per heavy atom. The van der Waals surface area contributed by atoms with Crippen LogP contribution in [0.1, 0.15) is 5.01 Å². The standard InChI is InChI=1S/C6H7BrN2S2/c1-4(7)3-10-6-9-8-5(2)11-6/h1,3H2,2H3. The molecule has 60 valence electrons. The van der Waals surface area contributed by atoms with E-state index in [4.69, 9.17) is 0 Å². The Balaban J connectivity index is 2.45. The van der Waals surface area contributed by atoms with Crippen LogP contribution in [0.3, 0.4) is 0 Å². The lowest BCUT2D eigenvalue weighted by atomic mass is 10.8. The first-order valence-corrected chi connectivity index (χ1v) is 5.54. The van der Waals surface area contributed by atoms with Gasteiger partial charge in [0.25, 0.3) is 0 Å². The molecule has 1 aromatic heterocycles. The van der Waals surface area contributed by atoms with E-state index < -0.39 is 0 Å². The van der Waals surface area contributed by atoms with E-state index in [1.807, 2.05) is 6.92 Å². The Morgan fingerprint density at radius 3 is 2.91 bits per heavy atom. The van der Waals surface area contributed by atoms with E-state index in [1.165, 1.54) is 0 Å². The number of nitrogens with zero attached hydrogens (tertiary/aromatic N) is 2. The van der Waals surface area contributed by atoms with Gasteiger partial charge in [0.05, 0.1) is 0 Å². The van der Waals surface area contributed by atoms with Gasteiger partial charge in [-0.05, 0) is 11.4 Å². The summed E-state index contributed by atoms with van der Waals surface area (Å²) in [5, 5.41) is 8.86. The number of hydrogen-bond donors (Lipinski definition) is 0. The summed E-state index contributed by atoms with van der Waals surface area (Å²) in [6, 6.07) is 0. The van der Waals surface area contributed by atoms with Crippen LogP contribution >= 0.6 is 39.0 Å². The average molecular weight is 251 g/mol. The number of rotatable bonds is 3. The van der Waals surface area contributed by atoms with Crippen molar-refractivity contribution in [2.75, 3.05) is 5.75 Å². The van der Waals surface area contributed by atoms with Gasteiger partial charge >= 0.3 is 0 Å². The van der Waals surface area contributed by atoms with Gasteiger partial charge in [-0.25, -0.2) is 0 Å². The summed E-state index contributed by atoms with van der Waals surface area (Å²) >= 11 is 6.54. The van der Waals surface area contributed by atoms with E-state index in [-0.39, 0.29) is 0 Å². The molecule has 0 fully saturated rings. The molecule has 0 aliphatic rings. The molecule has 0 unspecified atom stereocenters. The number of halogens is 1. The predicted molar refractivity (Wildman–Crippen MR) is 53.4 cm³/mol. The third-order valence-electron chi connectivity index (χ3n) is 0.860. The van der Waals surface area contributed by atoms with Crippen molar-refractivity contribution in [3.8, 4) is 0 Å². The Morgan fingerprint density at radius 2 is 2.45 bits per heavy atom. The monoisotopic (exact) mass is 250 g/mol. The Bertz CT molecular complexity index is 259. The van der Waals surface area contributed by atoms with Crippen LogP contribution < -0.4 is 0 Å². The van der Waals surface area contributed by atoms with Crippen molar-refractivity contribution in [2.24, 2.45) is 0 Å². The van der Waals surface area contributed by atoms with Crippen molar-refractivity contribution in [1.29, 1.82) is 0 Å². The Labute approximate surface area is 82.2 Å². The van der Waals surface area contributed by atoms with E-state index in [1.54, 1.807) is 23.1 Å². The molecule has 0 aromatic carbocycles. The first-order chi connectivity index (χ1) is 5.18. The molecule has 0 saturated heterocycles. The fraction of sp³-hybridized carbons (Fsp3) is 0.333. The molecule has 0 aliphatic heterocycles. The van der Waals surface area contributed by atoms with Crippen LogP contribution in [0.5, 0.6) is 0 Å². The molecule has 0 aliphatic carbocycles. The van der Waals surface area contributed by atoms with Crippen LogP contribution in [-0.2, 0) is 0 Å². The highest BCUT2D eigenvalue weighted by Crippen LogP contribution is 2.24. The summed E-state index contributed by atoms with van der Waals surface area (Å²) in [5.41, 5.74) is 0. The van der Waals surface area contributed by atoms with Gasteiger partial charge in [-0.1, -0.05) is 45.6 Å². The van der Waals surface area contributed by atoms with E-state index in [2.05, 4.69) is 32.7 Å². The number of thioether (sulfide) groups is 1. The van der Waals surface area contributed by atoms with Crippen LogP contribution in [0, 0.1) is 6.92 Å². The molecule has 1 rings (SSSR count). The zero-order valence-corrected chi connectivity index (χ0v) is 9.22. The van der Waals surface area contributed by atoms with Crippen LogP contribution in [0.15, 0.2) is 15.4 Å². The van der Waals surface area contributed by atoms with Gasteiger partial charge in [-0.2, -0.15) is 0 Å². The largest absolute Gasteiger partial charge is 0.174 e. The molecule has 0 N–H and O–H groups in total. The highest BCUT2D eigenvalue weighted by atomic mass is 79.9. The summed E-state index contributed by atoms with van der Waals surface area (Å²) in [6.45, 7) is 5.68. The molecule has 1 heterocycles. The van der Waals surface area contributed by atoms with Gasteiger partial charge in [0.2, 0.25) is 0 Å². The minimum atomic E-state index is 0.856. The van der Waals surface area contributed by atoms with Crippen molar-refractivity contribution >= 4 is 39.0 Å². The molecule has 0 amide bonds. The van der Waals surface area contributed by atoms with Crippen LogP contribution in [0.4, 0.5) is 0 Å². The first kappa shape index (κ1) is 9.22. The molecule has 0 saturated carbocycles. The Hall–Kier alpha value is 0.130. The molecule has 11 heavy (non-hydrogen) atoms. The zero-order chi connectivity index (χ0) is 8.27. The highest BCUT2D eigenvalue weighted by molar-refractivity contribution is 9.11. The highest BCUT2D eigenvalue weighted by Gasteiger charge is 2.00. The molecule has 0 spiro atoms. The first-order valence-electron chi connectivity index (χ1n) is 2.94. The number of hydrogen-bond acceptors (Lipinski definition) is 4. The van der Waals surface area contributed by atoms with Gasteiger partial charge in [0.15, 0.2) is 4.34 Å². The maximum Gasteiger partial charge on any atom is 0.174 e. The third-order valence-corrected chi connectivity index (χ3v) is 3.57. The molecule has 1 aromatic rings. The van der Waals surface area contributed by atoms with E-state index in [0.29, 0.717) is 0 Å². The second-order valence-electron chi connectivity index (χ2n) is 1.89. The third kappa shape index (κ3) is 3.35. The summed E-state index contributed by atoms with van der Waals surface area (Å²) in [4.78, 5) is 0. The van der Waals surface area contributed by atoms with Gasteiger partial charge in [-0.15, -0.1) is 10.2 Å². The summed E-state index contributed by atoms with van der Waals surface area (Å²) in [5.74, 6) is 0.856. The second kappa shape index (κ2) is 4.23. The molecular formula is C6H7BrN2S2. The fourth-order valence-corrected chi connectivity index (χ4v) is 2.39. The lowest BCUT2D eigenvalue weighted by Gasteiger charge is -1.90. The number of aryl methyl sites for hydroxylation is 1. The van der Waals surface area contributed by atoms with Crippen molar-refractivity contribution in [2.45, 2.75) is 11.3 Å². The number of aromatic nitrogens is 2. The Kier molecular flexibility index (Phi) is 3.54. The maximum absolute atomic E-state index is 3.96. The fourth-order valence-electron chi connectivity index (χ4n) is 0.477. The lowest BCUT2D eigenvalue weighted by molar-refractivity contribution is 0.984. The molecule has 5 heteroatoms. The smallest absolute Gasteiger partial charge is 0.143 e.